The van der Waals surface area contributed by atoms with Crippen LogP contribution in [0, 0.1) is 27.7 Å². The third-order valence-electron chi connectivity index (χ3n) is 11.9. The van der Waals surface area contributed by atoms with Gasteiger partial charge in [-0.1, -0.05) is 138 Å². The van der Waals surface area contributed by atoms with E-state index in [4.69, 9.17) is 9.97 Å². The number of hydrogen-bond donors (Lipinski definition) is 0. The van der Waals surface area contributed by atoms with Crippen LogP contribution in [0.2, 0.25) is 0 Å². The van der Waals surface area contributed by atoms with Gasteiger partial charge in [-0.15, -0.1) is 0 Å². The summed E-state index contributed by atoms with van der Waals surface area (Å²) in [5.74, 6) is 0.678. The summed E-state index contributed by atoms with van der Waals surface area (Å²) >= 11 is 0. The van der Waals surface area contributed by atoms with Crippen LogP contribution in [0.5, 0.6) is 0 Å². The first-order chi connectivity index (χ1) is 29.4. The zero-order valence-corrected chi connectivity index (χ0v) is 34.1. The second kappa shape index (κ2) is 14.1. The van der Waals surface area contributed by atoms with Crippen LogP contribution in [0.4, 0.5) is 0 Å². The molecule has 4 heteroatoms. The molecule has 8 aromatic carbocycles. The normalized spacial score (nSPS) is 11.7. The molecule has 0 unspecified atom stereocenters. The first-order valence-electron chi connectivity index (χ1n) is 20.7. The van der Waals surface area contributed by atoms with E-state index in [0.29, 0.717) is 5.82 Å². The van der Waals surface area contributed by atoms with Gasteiger partial charge in [-0.2, -0.15) is 0 Å². The van der Waals surface area contributed by atoms with Crippen molar-refractivity contribution in [3.8, 4) is 56.4 Å². The lowest BCUT2D eigenvalue weighted by Gasteiger charge is -2.20. The number of nitrogens with zero attached hydrogens (tertiary/aromatic N) is 4. The van der Waals surface area contributed by atoms with Crippen molar-refractivity contribution in [2.24, 2.45) is 0 Å². The van der Waals surface area contributed by atoms with E-state index in [2.05, 4.69) is 207 Å². The topological polar surface area (TPSA) is 35.6 Å². The fourth-order valence-electron chi connectivity index (χ4n) is 9.09. The SMILES string of the molecule is Cc1ccc2c(c1)c1cc(C)ccc1n2-c1ccccc1-c1ccc(-c2nc(-c3ccccc3)cc(-c3ccccc3)n2)cc1-n1c2ccc(C)cc2c2cc(C)ccc21. The molecule has 0 bridgehead atoms. The Morgan fingerprint density at radius 2 is 0.717 bits per heavy atom. The molecule has 0 aliphatic rings. The molecule has 4 nitrogen and oxygen atoms in total. The monoisotopic (exact) mass is 770 g/mol. The van der Waals surface area contributed by atoms with Gasteiger partial charge in [0, 0.05) is 49.4 Å². The van der Waals surface area contributed by atoms with Crippen LogP contribution in [-0.4, -0.2) is 19.1 Å². The van der Waals surface area contributed by atoms with Crippen molar-refractivity contribution in [1.29, 1.82) is 0 Å². The molecule has 3 heterocycles. The number of benzene rings is 8. The smallest absolute Gasteiger partial charge is 0.160 e. The highest BCUT2D eigenvalue weighted by Crippen LogP contribution is 2.43. The Kier molecular flexibility index (Phi) is 8.35. The summed E-state index contributed by atoms with van der Waals surface area (Å²) in [6.45, 7) is 8.71. The van der Waals surface area contributed by atoms with Gasteiger partial charge in [-0.05, 0) is 94.4 Å². The quantitative estimate of drug-likeness (QED) is 0.169. The van der Waals surface area contributed by atoms with Crippen molar-refractivity contribution >= 4 is 43.6 Å². The van der Waals surface area contributed by atoms with Gasteiger partial charge < -0.3 is 9.13 Å². The van der Waals surface area contributed by atoms with E-state index in [1.165, 1.54) is 54.8 Å². The average Bonchev–Trinajstić information content (AvgIpc) is 3.77. The summed E-state index contributed by atoms with van der Waals surface area (Å²) < 4.78 is 4.91. The predicted molar refractivity (Wildman–Crippen MR) is 251 cm³/mol. The Morgan fingerprint density at radius 1 is 0.317 bits per heavy atom. The maximum absolute atomic E-state index is 5.29. The maximum atomic E-state index is 5.29. The summed E-state index contributed by atoms with van der Waals surface area (Å²) in [6, 6.07) is 65.9. The van der Waals surface area contributed by atoms with Crippen molar-refractivity contribution in [3.05, 3.63) is 204 Å². The molecule has 11 aromatic rings. The fourth-order valence-corrected chi connectivity index (χ4v) is 9.09. The molecule has 0 aliphatic carbocycles. The Labute approximate surface area is 349 Å². The summed E-state index contributed by atoms with van der Waals surface area (Å²) in [4.78, 5) is 10.6. The molecule has 0 saturated heterocycles. The molecule has 0 aliphatic heterocycles. The van der Waals surface area contributed by atoms with Gasteiger partial charge in [0.2, 0.25) is 0 Å². The zero-order valence-electron chi connectivity index (χ0n) is 34.1. The van der Waals surface area contributed by atoms with Gasteiger partial charge in [-0.25, -0.2) is 9.97 Å². The standard InChI is InChI=1S/C56H42N4/c1-35-19-25-51-44(29-35)45-30-36(2)20-26-52(45)59(51)50-18-12-11-17-42(50)43-24-23-41(33-55(43)60-53-27-21-37(3)31-46(53)47-32-38(4)22-28-54(47)60)56-57-48(39-13-7-5-8-14-39)34-49(58-56)40-15-9-6-10-16-40/h5-34H,1-4H3. The van der Waals surface area contributed by atoms with Gasteiger partial charge >= 0.3 is 0 Å². The third kappa shape index (κ3) is 5.91. The van der Waals surface area contributed by atoms with Crippen molar-refractivity contribution in [3.63, 3.8) is 0 Å². The van der Waals surface area contributed by atoms with E-state index in [-0.39, 0.29) is 0 Å². The van der Waals surface area contributed by atoms with Crippen LogP contribution in [0.3, 0.4) is 0 Å². The van der Waals surface area contributed by atoms with E-state index in [1.54, 1.807) is 0 Å². The third-order valence-corrected chi connectivity index (χ3v) is 11.9. The predicted octanol–water partition coefficient (Wildman–Crippen LogP) is 14.6. The van der Waals surface area contributed by atoms with E-state index < -0.39 is 0 Å². The molecule has 0 amide bonds. The van der Waals surface area contributed by atoms with E-state index in [9.17, 15) is 0 Å². The summed E-state index contributed by atoms with van der Waals surface area (Å²) in [6.07, 6.45) is 0. The van der Waals surface area contributed by atoms with Gasteiger partial charge in [0.05, 0.1) is 44.8 Å². The summed E-state index contributed by atoms with van der Waals surface area (Å²) in [5.41, 5.74) is 18.9. The van der Waals surface area contributed by atoms with Crippen LogP contribution in [0.25, 0.3) is 100 Å². The summed E-state index contributed by atoms with van der Waals surface area (Å²) in [7, 11) is 0. The van der Waals surface area contributed by atoms with Gasteiger partial charge in [0.25, 0.3) is 0 Å². The molecule has 0 atom stereocenters. The van der Waals surface area contributed by atoms with Crippen molar-refractivity contribution < 1.29 is 0 Å². The Morgan fingerprint density at radius 3 is 1.18 bits per heavy atom. The molecule has 0 fully saturated rings. The van der Waals surface area contributed by atoms with Crippen LogP contribution in [-0.2, 0) is 0 Å². The molecule has 0 saturated carbocycles. The molecule has 286 valence electrons. The van der Waals surface area contributed by atoms with Crippen LogP contribution in [0.1, 0.15) is 22.3 Å². The first-order valence-corrected chi connectivity index (χ1v) is 20.7. The maximum Gasteiger partial charge on any atom is 0.160 e. The zero-order chi connectivity index (χ0) is 40.5. The molecule has 0 N–H and O–H groups in total. The number of aryl methyl sites for hydroxylation is 4. The Hall–Kier alpha value is -7.56. The van der Waals surface area contributed by atoms with Crippen molar-refractivity contribution in [2.75, 3.05) is 0 Å². The average molecular weight is 771 g/mol. The van der Waals surface area contributed by atoms with Crippen LogP contribution < -0.4 is 0 Å². The fraction of sp³-hybridized carbons (Fsp3) is 0.0714. The highest BCUT2D eigenvalue weighted by atomic mass is 15.0. The molecule has 60 heavy (non-hydrogen) atoms. The number of hydrogen-bond acceptors (Lipinski definition) is 2. The van der Waals surface area contributed by atoms with Gasteiger partial charge in [0.1, 0.15) is 0 Å². The minimum atomic E-state index is 0.678. The van der Waals surface area contributed by atoms with Crippen LogP contribution >= 0.6 is 0 Å². The van der Waals surface area contributed by atoms with Gasteiger partial charge in [-0.3, -0.25) is 0 Å². The molecule has 0 spiro atoms. The lowest BCUT2D eigenvalue weighted by atomic mass is 9.98. The lowest BCUT2D eigenvalue weighted by molar-refractivity contribution is 1.15. The lowest BCUT2D eigenvalue weighted by Crippen LogP contribution is -2.03. The first kappa shape index (κ1) is 35.6. The van der Waals surface area contributed by atoms with E-state index in [1.807, 2.05) is 12.1 Å². The largest absolute Gasteiger partial charge is 0.309 e. The van der Waals surface area contributed by atoms with E-state index >= 15 is 0 Å². The number of aromatic nitrogens is 4. The minimum absolute atomic E-state index is 0.678. The minimum Gasteiger partial charge on any atom is -0.309 e. The second-order valence-corrected chi connectivity index (χ2v) is 16.2. The second-order valence-electron chi connectivity index (χ2n) is 16.2. The van der Waals surface area contributed by atoms with Crippen molar-refractivity contribution in [2.45, 2.75) is 27.7 Å². The molecule has 0 radical (unpaired) electrons. The number of rotatable bonds is 6. The molecule has 11 rings (SSSR count). The van der Waals surface area contributed by atoms with Gasteiger partial charge in [0.15, 0.2) is 5.82 Å². The molecular weight excluding hydrogens is 729 g/mol. The van der Waals surface area contributed by atoms with Crippen molar-refractivity contribution in [1.82, 2.24) is 19.1 Å². The highest BCUT2D eigenvalue weighted by molar-refractivity contribution is 6.12. The number of para-hydroxylation sites is 1. The van der Waals surface area contributed by atoms with E-state index in [0.717, 1.165) is 61.6 Å². The Balaban J connectivity index is 1.22. The Bertz CT molecular complexity index is 3290. The summed E-state index contributed by atoms with van der Waals surface area (Å²) in [5, 5.41) is 4.99. The molecular formula is C56H42N4. The highest BCUT2D eigenvalue weighted by Gasteiger charge is 2.22. The molecule has 3 aromatic heterocycles. The van der Waals surface area contributed by atoms with Crippen LogP contribution in [0.15, 0.2) is 182 Å². The number of fused-ring (bicyclic) bond motifs is 6.